The number of hydrazone groups is 1. The summed E-state index contributed by atoms with van der Waals surface area (Å²) in [5.41, 5.74) is 0.0788. The summed E-state index contributed by atoms with van der Waals surface area (Å²) >= 11 is 0. The first-order valence-corrected chi connectivity index (χ1v) is 9.22. The fourth-order valence-electron chi connectivity index (χ4n) is 2.58. The Morgan fingerprint density at radius 3 is 2.79 bits per heavy atom. The second-order valence-electron chi connectivity index (χ2n) is 5.63. The van der Waals surface area contributed by atoms with Crippen LogP contribution in [0.15, 0.2) is 9.52 Å². The van der Waals surface area contributed by atoms with Crippen LogP contribution in [0.3, 0.4) is 0 Å². The summed E-state index contributed by atoms with van der Waals surface area (Å²) in [5.74, 6) is -0.577. The minimum Gasteiger partial charge on any atom is -0.451 e. The lowest BCUT2D eigenvalue weighted by Crippen LogP contribution is -2.42. The minimum atomic E-state index is -3.16. The van der Waals surface area contributed by atoms with Crippen molar-refractivity contribution in [3.8, 4) is 0 Å². The summed E-state index contributed by atoms with van der Waals surface area (Å²) in [7, 11) is -3.16. The van der Waals surface area contributed by atoms with Crippen LogP contribution in [0.5, 0.6) is 0 Å². The maximum atomic E-state index is 12.1. The number of aromatic nitrogens is 2. The van der Waals surface area contributed by atoms with Crippen molar-refractivity contribution >= 4 is 27.4 Å². The Kier molecular flexibility index (Phi) is 4.35. The number of amides is 1. The third-order valence-corrected chi connectivity index (χ3v) is 5.49. The molecule has 1 saturated heterocycles. The molecule has 24 heavy (non-hydrogen) atoms. The molecule has 1 atom stereocenters. The van der Waals surface area contributed by atoms with Crippen LogP contribution in [0.25, 0.3) is 0 Å². The average Bonchev–Trinajstić information content (AvgIpc) is 3.10. The number of rotatable bonds is 4. The Bertz CT molecular complexity index is 799. The molecule has 0 bridgehead atoms. The van der Waals surface area contributed by atoms with Gasteiger partial charge in [0.25, 0.3) is 5.89 Å². The predicted octanol–water partition coefficient (Wildman–Crippen LogP) is -0.413. The number of ether oxygens (including phenoxy) is 1. The molecule has 0 unspecified atom stereocenters. The van der Waals surface area contributed by atoms with Gasteiger partial charge in [-0.1, -0.05) is 0 Å². The summed E-state index contributed by atoms with van der Waals surface area (Å²) in [6.07, 6.45) is 0.557. The minimum absolute atomic E-state index is 0.0211. The highest BCUT2D eigenvalue weighted by Crippen LogP contribution is 2.22. The first-order valence-electron chi connectivity index (χ1n) is 7.40. The first-order chi connectivity index (χ1) is 11.3. The van der Waals surface area contributed by atoms with Crippen molar-refractivity contribution in [2.45, 2.75) is 38.8 Å². The van der Waals surface area contributed by atoms with E-state index in [-0.39, 0.29) is 48.5 Å². The van der Waals surface area contributed by atoms with Crippen LogP contribution in [0.2, 0.25) is 0 Å². The lowest BCUT2D eigenvalue weighted by Gasteiger charge is -2.27. The van der Waals surface area contributed by atoms with Gasteiger partial charge in [-0.25, -0.2) is 18.2 Å². The molecule has 2 aliphatic heterocycles. The van der Waals surface area contributed by atoms with Crippen molar-refractivity contribution < 1.29 is 27.2 Å². The molecule has 130 valence electrons. The van der Waals surface area contributed by atoms with Crippen LogP contribution < -0.4 is 0 Å². The van der Waals surface area contributed by atoms with Crippen LogP contribution in [-0.4, -0.2) is 58.8 Å². The van der Waals surface area contributed by atoms with Crippen LogP contribution in [0.4, 0.5) is 0 Å². The van der Waals surface area contributed by atoms with Gasteiger partial charge in [-0.05, 0) is 6.42 Å². The van der Waals surface area contributed by atoms with E-state index in [4.69, 9.17) is 9.15 Å². The topological polar surface area (TPSA) is 132 Å². The summed E-state index contributed by atoms with van der Waals surface area (Å²) < 4.78 is 33.3. The van der Waals surface area contributed by atoms with E-state index >= 15 is 0 Å². The molecule has 0 spiro atoms. The van der Waals surface area contributed by atoms with Crippen LogP contribution in [0.1, 0.15) is 31.0 Å². The standard InChI is InChI=1S/C13H16N4O6S/c1-8-14-15-11(23-8)6-22-13(19)10-2-3-12(18)17(16-10)9-4-5-24(20,21)7-9/h9H,2-7H2,1H3/t9-/m1/s1. The molecule has 0 radical (unpaired) electrons. The van der Waals surface area contributed by atoms with E-state index < -0.39 is 21.8 Å². The third-order valence-electron chi connectivity index (χ3n) is 3.74. The normalized spacial score (nSPS) is 23.2. The second-order valence-corrected chi connectivity index (χ2v) is 7.86. The Labute approximate surface area is 137 Å². The Hall–Kier alpha value is -2.30. The quantitative estimate of drug-likeness (QED) is 0.665. The van der Waals surface area contributed by atoms with Crippen LogP contribution in [-0.2, 0) is 30.8 Å². The molecule has 1 aromatic heterocycles. The van der Waals surface area contributed by atoms with Crippen molar-refractivity contribution in [2.75, 3.05) is 11.5 Å². The molecule has 3 rings (SSSR count). The SMILES string of the molecule is Cc1nnc(COC(=O)C2=NN([C@@H]3CCS(=O)(=O)C3)C(=O)CC2)o1. The maximum absolute atomic E-state index is 12.1. The number of carbonyl (C=O) groups is 2. The molecule has 0 aromatic carbocycles. The molecule has 1 amide bonds. The highest BCUT2D eigenvalue weighted by atomic mass is 32.2. The van der Waals surface area contributed by atoms with Crippen molar-refractivity contribution in [1.82, 2.24) is 15.2 Å². The second kappa shape index (κ2) is 6.30. The highest BCUT2D eigenvalue weighted by molar-refractivity contribution is 7.91. The van der Waals surface area contributed by atoms with Crippen molar-refractivity contribution in [3.63, 3.8) is 0 Å². The smallest absolute Gasteiger partial charge is 0.355 e. The zero-order valence-corrected chi connectivity index (χ0v) is 13.8. The molecule has 0 N–H and O–H groups in total. The first kappa shape index (κ1) is 16.6. The van der Waals surface area contributed by atoms with Gasteiger partial charge in [0.15, 0.2) is 16.4 Å². The molecule has 11 heteroatoms. The fraction of sp³-hybridized carbons (Fsp3) is 0.615. The number of esters is 1. The summed E-state index contributed by atoms with van der Waals surface area (Å²) in [6.45, 7) is 1.42. The average molecular weight is 356 g/mol. The largest absolute Gasteiger partial charge is 0.451 e. The molecule has 0 saturated carbocycles. The number of aryl methyl sites for hydroxylation is 1. The summed E-state index contributed by atoms with van der Waals surface area (Å²) in [4.78, 5) is 24.1. The summed E-state index contributed by atoms with van der Waals surface area (Å²) in [5, 5.41) is 12.5. The van der Waals surface area contributed by atoms with Gasteiger partial charge in [0.2, 0.25) is 11.8 Å². The van der Waals surface area contributed by atoms with E-state index in [0.717, 1.165) is 5.01 Å². The molecule has 0 aliphatic carbocycles. The van der Waals surface area contributed by atoms with Gasteiger partial charge in [0.05, 0.1) is 17.5 Å². The zero-order valence-electron chi connectivity index (χ0n) is 13.0. The molecular formula is C13H16N4O6S. The maximum Gasteiger partial charge on any atom is 0.355 e. The molecule has 1 fully saturated rings. The van der Waals surface area contributed by atoms with Crippen LogP contribution >= 0.6 is 0 Å². The van der Waals surface area contributed by atoms with Gasteiger partial charge in [-0.15, -0.1) is 10.2 Å². The number of sulfone groups is 1. The lowest BCUT2D eigenvalue weighted by molar-refractivity contribution is -0.138. The van der Waals surface area contributed by atoms with E-state index in [1.807, 2.05) is 0 Å². The Morgan fingerprint density at radius 2 is 2.17 bits per heavy atom. The zero-order chi connectivity index (χ0) is 17.3. The van der Waals surface area contributed by atoms with Crippen molar-refractivity contribution in [2.24, 2.45) is 5.10 Å². The van der Waals surface area contributed by atoms with E-state index in [1.165, 1.54) is 0 Å². The molecular weight excluding hydrogens is 340 g/mol. The predicted molar refractivity (Wildman–Crippen MR) is 79.4 cm³/mol. The van der Waals surface area contributed by atoms with E-state index in [0.29, 0.717) is 12.3 Å². The van der Waals surface area contributed by atoms with Crippen molar-refractivity contribution in [3.05, 3.63) is 11.8 Å². The number of nitrogens with zero attached hydrogens (tertiary/aromatic N) is 4. The van der Waals surface area contributed by atoms with Gasteiger partial charge in [-0.3, -0.25) is 4.79 Å². The number of carbonyl (C=O) groups excluding carboxylic acids is 2. The monoisotopic (exact) mass is 356 g/mol. The highest BCUT2D eigenvalue weighted by Gasteiger charge is 2.37. The summed E-state index contributed by atoms with van der Waals surface area (Å²) in [6, 6.07) is -0.524. The Balaban J connectivity index is 1.67. The third kappa shape index (κ3) is 3.61. The molecule has 2 aliphatic rings. The van der Waals surface area contributed by atoms with Gasteiger partial charge in [-0.2, -0.15) is 5.10 Å². The molecule has 3 heterocycles. The van der Waals surface area contributed by atoms with Gasteiger partial charge >= 0.3 is 5.97 Å². The van der Waals surface area contributed by atoms with Crippen molar-refractivity contribution in [1.29, 1.82) is 0 Å². The van der Waals surface area contributed by atoms with E-state index in [9.17, 15) is 18.0 Å². The molecule has 10 nitrogen and oxygen atoms in total. The van der Waals surface area contributed by atoms with Gasteiger partial charge in [0.1, 0.15) is 5.71 Å². The van der Waals surface area contributed by atoms with E-state index in [2.05, 4.69) is 15.3 Å². The fourth-order valence-corrected chi connectivity index (χ4v) is 4.27. The van der Waals surface area contributed by atoms with Gasteiger partial charge in [0, 0.05) is 19.8 Å². The van der Waals surface area contributed by atoms with E-state index in [1.54, 1.807) is 6.92 Å². The Morgan fingerprint density at radius 1 is 1.38 bits per heavy atom. The lowest BCUT2D eigenvalue weighted by atomic mass is 10.1. The molecule has 1 aromatic rings. The van der Waals surface area contributed by atoms with Crippen LogP contribution in [0, 0.1) is 6.92 Å². The number of hydrogen-bond donors (Lipinski definition) is 0. The number of hydrogen-bond acceptors (Lipinski definition) is 9. The van der Waals surface area contributed by atoms with Gasteiger partial charge < -0.3 is 9.15 Å².